The van der Waals surface area contributed by atoms with E-state index in [1.54, 1.807) is 28.9 Å². The molecule has 1 saturated heterocycles. The number of hydrogen-bond donors (Lipinski definition) is 1. The highest BCUT2D eigenvalue weighted by Gasteiger charge is 2.33. The molecule has 1 heterocycles. The predicted octanol–water partition coefficient (Wildman–Crippen LogP) is 2.33. The van der Waals surface area contributed by atoms with Crippen molar-refractivity contribution in [3.05, 3.63) is 65.5 Å². The van der Waals surface area contributed by atoms with Gasteiger partial charge in [0.2, 0.25) is 0 Å². The molecule has 3 rings (SSSR count). The Morgan fingerprint density at radius 3 is 2.42 bits per heavy atom. The molecule has 1 fully saturated rings. The third kappa shape index (κ3) is 5.02. The van der Waals surface area contributed by atoms with Crippen molar-refractivity contribution in [1.82, 2.24) is 15.1 Å². The van der Waals surface area contributed by atoms with Crippen molar-refractivity contribution in [2.24, 2.45) is 0 Å². The van der Waals surface area contributed by atoms with E-state index < -0.39 is 17.8 Å². The van der Waals surface area contributed by atoms with Crippen molar-refractivity contribution in [2.75, 3.05) is 26.7 Å². The predicted molar refractivity (Wildman–Crippen MR) is 113 cm³/mol. The number of carbonyl (C=O) groups is 3. The van der Waals surface area contributed by atoms with E-state index in [1.165, 1.54) is 19.2 Å². The maximum Gasteiger partial charge on any atom is 0.263 e. The molecule has 0 bridgehead atoms. The molecule has 164 valence electrons. The van der Waals surface area contributed by atoms with Crippen LogP contribution in [0, 0.1) is 5.82 Å². The topological polar surface area (TPSA) is 79.0 Å². The smallest absolute Gasteiger partial charge is 0.263 e. The zero-order chi connectivity index (χ0) is 22.5. The molecule has 2 aromatic rings. The van der Waals surface area contributed by atoms with Crippen LogP contribution in [0.3, 0.4) is 0 Å². The van der Waals surface area contributed by atoms with Crippen molar-refractivity contribution in [3.8, 4) is 5.75 Å². The van der Waals surface area contributed by atoms with Crippen molar-refractivity contribution in [3.63, 3.8) is 0 Å². The summed E-state index contributed by atoms with van der Waals surface area (Å²) in [6, 6.07) is 12.7. The molecule has 2 aromatic carbocycles. The van der Waals surface area contributed by atoms with Crippen LogP contribution in [0.1, 0.15) is 34.6 Å². The Bertz CT molecular complexity index is 967. The molecule has 0 saturated carbocycles. The second kappa shape index (κ2) is 9.59. The van der Waals surface area contributed by atoms with E-state index in [0.717, 1.165) is 6.07 Å². The fraction of sp³-hybridized carbons (Fsp3) is 0.348. The highest BCUT2D eigenvalue weighted by molar-refractivity contribution is 5.95. The van der Waals surface area contributed by atoms with Gasteiger partial charge in [0.25, 0.3) is 17.7 Å². The lowest BCUT2D eigenvalue weighted by Gasteiger charge is -2.40. The molecule has 0 aromatic heterocycles. The third-order valence-electron chi connectivity index (χ3n) is 5.29. The summed E-state index contributed by atoms with van der Waals surface area (Å²) in [4.78, 5) is 40.5. The summed E-state index contributed by atoms with van der Waals surface area (Å²) in [6.07, 6.45) is -0.917. The van der Waals surface area contributed by atoms with Gasteiger partial charge >= 0.3 is 0 Å². The largest absolute Gasteiger partial charge is 0.478 e. The number of carbonyl (C=O) groups excluding carboxylic acids is 3. The highest BCUT2D eigenvalue weighted by atomic mass is 19.1. The van der Waals surface area contributed by atoms with Crippen molar-refractivity contribution >= 4 is 17.7 Å². The normalized spacial score (nSPS) is 17.1. The van der Waals surface area contributed by atoms with Gasteiger partial charge in [-0.05, 0) is 44.2 Å². The van der Waals surface area contributed by atoms with E-state index in [2.05, 4.69) is 5.32 Å². The fourth-order valence-corrected chi connectivity index (χ4v) is 3.59. The number of rotatable bonds is 5. The van der Waals surface area contributed by atoms with E-state index >= 15 is 0 Å². The fourth-order valence-electron chi connectivity index (χ4n) is 3.59. The van der Waals surface area contributed by atoms with Gasteiger partial charge in [0.15, 0.2) is 17.7 Å². The monoisotopic (exact) mass is 427 g/mol. The van der Waals surface area contributed by atoms with E-state index in [9.17, 15) is 18.8 Å². The molecule has 7 nitrogen and oxygen atoms in total. The lowest BCUT2D eigenvalue weighted by Crippen LogP contribution is -2.57. The van der Waals surface area contributed by atoms with E-state index in [0.29, 0.717) is 25.2 Å². The molecular weight excluding hydrogens is 401 g/mol. The average molecular weight is 427 g/mol. The van der Waals surface area contributed by atoms with Crippen LogP contribution in [0.4, 0.5) is 4.39 Å². The van der Waals surface area contributed by atoms with Crippen LogP contribution in [0.5, 0.6) is 5.75 Å². The van der Waals surface area contributed by atoms with Crippen LogP contribution in [0.15, 0.2) is 48.5 Å². The first-order valence-corrected chi connectivity index (χ1v) is 10.1. The molecule has 8 heteroatoms. The number of halogens is 1. The Labute approximate surface area is 180 Å². The Morgan fingerprint density at radius 2 is 1.81 bits per heavy atom. The second-order valence-corrected chi connectivity index (χ2v) is 7.48. The summed E-state index contributed by atoms with van der Waals surface area (Å²) >= 11 is 0. The minimum absolute atomic E-state index is 0.0675. The van der Waals surface area contributed by atoms with Crippen LogP contribution in [0.25, 0.3) is 0 Å². The Balaban J connectivity index is 1.61. The van der Waals surface area contributed by atoms with Crippen LogP contribution in [-0.4, -0.2) is 66.3 Å². The van der Waals surface area contributed by atoms with Crippen molar-refractivity contribution < 1.29 is 23.5 Å². The molecule has 1 unspecified atom stereocenters. The number of nitrogens with zero attached hydrogens (tertiary/aromatic N) is 2. The first-order chi connectivity index (χ1) is 14.8. The summed E-state index contributed by atoms with van der Waals surface area (Å²) in [6.45, 7) is 4.61. The van der Waals surface area contributed by atoms with Gasteiger partial charge in [-0.15, -0.1) is 0 Å². The summed E-state index contributed by atoms with van der Waals surface area (Å²) in [5.74, 6) is -1.58. The van der Waals surface area contributed by atoms with E-state index in [1.807, 2.05) is 25.1 Å². The SMILES string of the molecule is CNC(=O)c1ccc(OC(C)C(=O)N2CCN(C(=O)c3ccccc3)C[C@H]2C)c(F)c1. The van der Waals surface area contributed by atoms with Gasteiger partial charge in [0, 0.05) is 43.9 Å². The average Bonchev–Trinajstić information content (AvgIpc) is 2.79. The zero-order valence-electron chi connectivity index (χ0n) is 17.8. The van der Waals surface area contributed by atoms with Gasteiger partial charge in [-0.3, -0.25) is 14.4 Å². The van der Waals surface area contributed by atoms with Gasteiger partial charge in [-0.1, -0.05) is 18.2 Å². The third-order valence-corrected chi connectivity index (χ3v) is 5.29. The second-order valence-electron chi connectivity index (χ2n) is 7.48. The molecule has 2 atom stereocenters. The van der Waals surface area contributed by atoms with Gasteiger partial charge in [0.1, 0.15) is 0 Å². The molecule has 31 heavy (non-hydrogen) atoms. The molecule has 1 N–H and O–H groups in total. The first kappa shape index (κ1) is 22.3. The van der Waals surface area contributed by atoms with Gasteiger partial charge < -0.3 is 19.9 Å². The minimum atomic E-state index is -0.917. The molecule has 1 aliphatic rings. The Kier molecular flexibility index (Phi) is 6.89. The molecule has 0 radical (unpaired) electrons. The Morgan fingerprint density at radius 1 is 1.10 bits per heavy atom. The van der Waals surface area contributed by atoms with Crippen LogP contribution in [-0.2, 0) is 4.79 Å². The molecule has 0 aliphatic carbocycles. The van der Waals surface area contributed by atoms with Crippen LogP contribution < -0.4 is 10.1 Å². The van der Waals surface area contributed by atoms with Crippen molar-refractivity contribution in [2.45, 2.75) is 26.0 Å². The standard InChI is InChI=1S/C23H26FN3O4/c1-15-14-26(23(30)17-7-5-4-6-8-17)11-12-27(15)22(29)16(2)31-20-10-9-18(13-19(20)24)21(28)25-3/h4-10,13,15-16H,11-12,14H2,1-3H3,(H,25,28)/t15-,16?/m1/s1. The molecule has 0 spiro atoms. The summed E-state index contributed by atoms with van der Waals surface area (Å²) in [5.41, 5.74) is 0.779. The lowest BCUT2D eigenvalue weighted by atomic mass is 10.1. The van der Waals surface area contributed by atoms with Crippen LogP contribution >= 0.6 is 0 Å². The molecule has 3 amide bonds. The highest BCUT2D eigenvalue weighted by Crippen LogP contribution is 2.21. The van der Waals surface area contributed by atoms with Gasteiger partial charge in [-0.25, -0.2) is 4.39 Å². The molecular formula is C23H26FN3O4. The number of hydrogen-bond acceptors (Lipinski definition) is 4. The first-order valence-electron chi connectivity index (χ1n) is 10.1. The number of nitrogens with one attached hydrogen (secondary N) is 1. The number of piperazine rings is 1. The number of amides is 3. The lowest BCUT2D eigenvalue weighted by molar-refractivity contribution is -0.142. The van der Waals surface area contributed by atoms with Crippen LogP contribution in [0.2, 0.25) is 0 Å². The van der Waals surface area contributed by atoms with Crippen molar-refractivity contribution in [1.29, 1.82) is 0 Å². The molecule has 1 aliphatic heterocycles. The summed E-state index contributed by atoms with van der Waals surface area (Å²) in [5, 5.41) is 2.42. The van der Waals surface area contributed by atoms with E-state index in [4.69, 9.17) is 4.74 Å². The minimum Gasteiger partial charge on any atom is -0.478 e. The maximum absolute atomic E-state index is 14.3. The summed E-state index contributed by atoms with van der Waals surface area (Å²) in [7, 11) is 1.46. The Hall–Kier alpha value is -3.42. The maximum atomic E-state index is 14.3. The van der Waals surface area contributed by atoms with E-state index in [-0.39, 0.29) is 29.2 Å². The van der Waals surface area contributed by atoms with Gasteiger partial charge in [0.05, 0.1) is 0 Å². The number of benzene rings is 2. The van der Waals surface area contributed by atoms with Gasteiger partial charge in [-0.2, -0.15) is 0 Å². The number of ether oxygens (including phenoxy) is 1. The quantitative estimate of drug-likeness (QED) is 0.795. The summed E-state index contributed by atoms with van der Waals surface area (Å²) < 4.78 is 19.9. The zero-order valence-corrected chi connectivity index (χ0v) is 17.8.